The molecule has 2 aliphatic rings. The topological polar surface area (TPSA) is 24.9 Å². The van der Waals surface area contributed by atoms with Crippen LogP contribution in [-0.4, -0.2) is 11.0 Å². The second-order valence-electron chi connectivity index (χ2n) is 7.97. The number of nitrogens with zero attached hydrogens (tertiary/aromatic N) is 1. The Labute approximate surface area is 127 Å². The van der Waals surface area contributed by atoms with Crippen LogP contribution in [0.4, 0.5) is 0 Å². The molecule has 0 bridgehead atoms. The average molecular weight is 292 g/mol. The molecule has 0 spiro atoms. The minimum atomic E-state index is 0.164. The van der Waals surface area contributed by atoms with Crippen LogP contribution >= 0.6 is 11.3 Å². The van der Waals surface area contributed by atoms with Crippen LogP contribution in [0.1, 0.15) is 76.9 Å². The van der Waals surface area contributed by atoms with E-state index in [4.69, 9.17) is 4.98 Å². The first-order valence-corrected chi connectivity index (χ1v) is 9.01. The molecule has 0 aliphatic heterocycles. The van der Waals surface area contributed by atoms with Crippen molar-refractivity contribution in [2.45, 2.75) is 83.2 Å². The molecule has 0 aromatic carbocycles. The normalized spacial score (nSPS) is 31.5. The summed E-state index contributed by atoms with van der Waals surface area (Å²) in [6, 6.07) is 0.755. The van der Waals surface area contributed by atoms with Crippen LogP contribution in [0.25, 0.3) is 0 Å². The predicted molar refractivity (Wildman–Crippen MR) is 86.3 cm³/mol. The molecule has 20 heavy (non-hydrogen) atoms. The van der Waals surface area contributed by atoms with Gasteiger partial charge in [-0.1, -0.05) is 27.7 Å². The summed E-state index contributed by atoms with van der Waals surface area (Å²) in [7, 11) is 0. The fourth-order valence-electron chi connectivity index (χ4n) is 3.13. The largest absolute Gasteiger partial charge is 0.303 e. The lowest BCUT2D eigenvalue weighted by Gasteiger charge is -2.39. The fraction of sp³-hybridized carbons (Fsp3) is 0.824. The van der Waals surface area contributed by atoms with Gasteiger partial charge in [0.05, 0.1) is 11.2 Å². The Hall–Kier alpha value is -0.410. The maximum Gasteiger partial charge on any atom is 0.113 e. The van der Waals surface area contributed by atoms with Crippen LogP contribution in [0.15, 0.2) is 5.38 Å². The summed E-state index contributed by atoms with van der Waals surface area (Å²) in [5.41, 5.74) is 1.60. The summed E-state index contributed by atoms with van der Waals surface area (Å²) in [5.74, 6) is 0.881. The molecule has 1 N–H and O–H groups in total. The summed E-state index contributed by atoms with van der Waals surface area (Å²) in [5, 5.41) is 7.59. The van der Waals surface area contributed by atoms with Gasteiger partial charge < -0.3 is 5.32 Å². The van der Waals surface area contributed by atoms with Crippen molar-refractivity contribution >= 4 is 11.3 Å². The van der Waals surface area contributed by atoms with E-state index in [0.717, 1.165) is 12.0 Å². The monoisotopic (exact) mass is 292 g/mol. The Bertz CT molecular complexity index is 460. The molecule has 112 valence electrons. The van der Waals surface area contributed by atoms with Crippen molar-refractivity contribution in [3.05, 3.63) is 16.1 Å². The number of hydrogen-bond donors (Lipinski definition) is 1. The maximum atomic E-state index is 5.04. The van der Waals surface area contributed by atoms with Crippen LogP contribution in [0, 0.1) is 5.92 Å². The number of nitrogens with one attached hydrogen (secondary N) is 1. The number of aromatic nitrogens is 1. The first-order valence-electron chi connectivity index (χ1n) is 8.13. The molecule has 1 aromatic rings. The molecule has 3 heteroatoms. The molecule has 1 heterocycles. The van der Waals surface area contributed by atoms with Gasteiger partial charge in [-0.15, -0.1) is 11.3 Å². The van der Waals surface area contributed by atoms with E-state index in [9.17, 15) is 0 Å². The SMILES string of the molecule is CC1CCC(NC2CC2)(c2nc(C(C)(C)C)cs2)CC1. The second kappa shape index (κ2) is 5.10. The van der Waals surface area contributed by atoms with E-state index >= 15 is 0 Å². The average Bonchev–Trinajstić information content (AvgIpc) is 3.03. The summed E-state index contributed by atoms with van der Waals surface area (Å²) in [6.07, 6.45) is 7.92. The first-order chi connectivity index (χ1) is 9.39. The van der Waals surface area contributed by atoms with Gasteiger partial charge in [-0.25, -0.2) is 4.98 Å². The molecular formula is C17H28N2S. The summed E-state index contributed by atoms with van der Waals surface area (Å²) >= 11 is 1.88. The smallest absolute Gasteiger partial charge is 0.113 e. The van der Waals surface area contributed by atoms with Crippen molar-refractivity contribution in [2.75, 3.05) is 0 Å². The molecule has 2 aliphatic carbocycles. The van der Waals surface area contributed by atoms with Crippen molar-refractivity contribution in [1.29, 1.82) is 0 Å². The van der Waals surface area contributed by atoms with Crippen molar-refractivity contribution in [2.24, 2.45) is 5.92 Å². The molecule has 0 radical (unpaired) electrons. The molecule has 2 fully saturated rings. The third-order valence-electron chi connectivity index (χ3n) is 4.87. The van der Waals surface area contributed by atoms with Crippen LogP contribution < -0.4 is 5.32 Å². The number of thiazole rings is 1. The molecule has 2 saturated carbocycles. The van der Waals surface area contributed by atoms with Crippen molar-refractivity contribution in [1.82, 2.24) is 10.3 Å². The zero-order valence-electron chi connectivity index (χ0n) is 13.3. The van der Waals surface area contributed by atoms with Gasteiger partial charge >= 0.3 is 0 Å². The lowest BCUT2D eigenvalue weighted by atomic mass is 9.77. The van der Waals surface area contributed by atoms with E-state index < -0.39 is 0 Å². The fourth-order valence-corrected chi connectivity index (χ4v) is 4.40. The van der Waals surface area contributed by atoms with E-state index in [1.165, 1.54) is 49.2 Å². The van der Waals surface area contributed by atoms with Gasteiger partial charge in [-0.05, 0) is 44.4 Å². The Morgan fingerprint density at radius 1 is 1.20 bits per heavy atom. The van der Waals surface area contributed by atoms with Gasteiger partial charge in [-0.2, -0.15) is 0 Å². The van der Waals surface area contributed by atoms with E-state index in [2.05, 4.69) is 38.4 Å². The molecular weight excluding hydrogens is 264 g/mol. The highest BCUT2D eigenvalue weighted by Crippen LogP contribution is 2.43. The third kappa shape index (κ3) is 2.94. The molecule has 0 saturated heterocycles. The van der Waals surface area contributed by atoms with Crippen molar-refractivity contribution in [3.63, 3.8) is 0 Å². The summed E-state index contributed by atoms with van der Waals surface area (Å²) in [6.45, 7) is 9.17. The third-order valence-corrected chi connectivity index (χ3v) is 5.91. The minimum Gasteiger partial charge on any atom is -0.303 e. The Kier molecular flexibility index (Phi) is 3.70. The summed E-state index contributed by atoms with van der Waals surface area (Å²) < 4.78 is 0. The maximum absolute atomic E-state index is 5.04. The predicted octanol–water partition coefficient (Wildman–Crippen LogP) is 4.60. The Morgan fingerprint density at radius 2 is 1.85 bits per heavy atom. The van der Waals surface area contributed by atoms with Crippen LogP contribution in [0.5, 0.6) is 0 Å². The van der Waals surface area contributed by atoms with E-state index in [-0.39, 0.29) is 11.0 Å². The quantitative estimate of drug-likeness (QED) is 0.881. The Balaban J connectivity index is 1.86. The van der Waals surface area contributed by atoms with E-state index in [0.29, 0.717) is 0 Å². The van der Waals surface area contributed by atoms with E-state index in [1.54, 1.807) is 0 Å². The lowest BCUT2D eigenvalue weighted by molar-refractivity contribution is 0.193. The Morgan fingerprint density at radius 3 is 2.35 bits per heavy atom. The summed E-state index contributed by atoms with van der Waals surface area (Å²) in [4.78, 5) is 5.04. The highest BCUT2D eigenvalue weighted by molar-refractivity contribution is 7.09. The zero-order chi connectivity index (χ0) is 14.4. The lowest BCUT2D eigenvalue weighted by Crippen LogP contribution is -2.46. The van der Waals surface area contributed by atoms with Gasteiger partial charge in [0.25, 0.3) is 0 Å². The highest BCUT2D eigenvalue weighted by atomic mass is 32.1. The molecule has 3 rings (SSSR count). The molecule has 2 nitrogen and oxygen atoms in total. The van der Waals surface area contributed by atoms with Gasteiger partial charge in [0.2, 0.25) is 0 Å². The molecule has 0 amide bonds. The standard InChI is InChI=1S/C17H28N2S/c1-12-7-9-17(10-8-12,19-13-5-6-13)15-18-14(11-20-15)16(2,3)4/h11-13,19H,5-10H2,1-4H3. The van der Waals surface area contributed by atoms with Crippen molar-refractivity contribution in [3.8, 4) is 0 Å². The first kappa shape index (κ1) is 14.5. The minimum absolute atomic E-state index is 0.164. The van der Waals surface area contributed by atoms with Crippen LogP contribution in [0.2, 0.25) is 0 Å². The van der Waals surface area contributed by atoms with Crippen LogP contribution in [0.3, 0.4) is 0 Å². The van der Waals surface area contributed by atoms with Crippen LogP contribution in [-0.2, 0) is 11.0 Å². The van der Waals surface area contributed by atoms with Gasteiger partial charge in [0.15, 0.2) is 0 Å². The van der Waals surface area contributed by atoms with Gasteiger partial charge in [-0.3, -0.25) is 0 Å². The molecule has 0 atom stereocenters. The molecule has 1 aromatic heterocycles. The molecule has 0 unspecified atom stereocenters. The van der Waals surface area contributed by atoms with Gasteiger partial charge in [0, 0.05) is 16.8 Å². The van der Waals surface area contributed by atoms with E-state index in [1.807, 2.05) is 11.3 Å². The van der Waals surface area contributed by atoms with Gasteiger partial charge in [0.1, 0.15) is 5.01 Å². The van der Waals surface area contributed by atoms with Crippen molar-refractivity contribution < 1.29 is 0 Å². The zero-order valence-corrected chi connectivity index (χ0v) is 14.1. The second-order valence-corrected chi connectivity index (χ2v) is 8.83. The number of hydrogen-bond acceptors (Lipinski definition) is 3. The number of rotatable bonds is 3. The highest BCUT2D eigenvalue weighted by Gasteiger charge is 2.42.